The third-order valence-corrected chi connectivity index (χ3v) is 7.83. The zero-order valence-electron chi connectivity index (χ0n) is 16.8. The van der Waals surface area contributed by atoms with Crippen LogP contribution in [-0.2, 0) is 0 Å². The first-order chi connectivity index (χ1) is 12.4. The predicted octanol–water partition coefficient (Wildman–Crippen LogP) is 6.99. The molecule has 26 heavy (non-hydrogen) atoms. The summed E-state index contributed by atoms with van der Waals surface area (Å²) >= 11 is 1.80. The van der Waals surface area contributed by atoms with Crippen LogP contribution in [0.1, 0.15) is 66.2 Å². The zero-order valence-corrected chi connectivity index (χ0v) is 17.6. The summed E-state index contributed by atoms with van der Waals surface area (Å²) in [6, 6.07) is 10.6. The number of fused-ring (bicyclic) bond motifs is 1. The first-order valence-electron chi connectivity index (χ1n) is 10.2. The SMILES string of the molecule is CC(C)=CCC[C@@H](C)C1CCC2=C(Sc3ccccc3)[C@@H](O)CC[C@@]21C. The predicted molar refractivity (Wildman–Crippen MR) is 113 cm³/mol. The van der Waals surface area contributed by atoms with E-state index in [1.165, 1.54) is 41.1 Å². The molecule has 1 aromatic carbocycles. The normalized spacial score (nSPS) is 29.4. The number of aliphatic hydroxyl groups is 1. The zero-order chi connectivity index (χ0) is 18.7. The summed E-state index contributed by atoms with van der Waals surface area (Å²) in [5.74, 6) is 1.49. The van der Waals surface area contributed by atoms with Gasteiger partial charge in [0.15, 0.2) is 0 Å². The quantitative estimate of drug-likeness (QED) is 0.545. The standard InChI is InChI=1S/C24H34OS/c1-17(2)9-8-10-18(3)20-13-14-21-23(22(25)15-16-24(20,21)4)26-19-11-6-5-7-12-19/h5-7,9,11-12,18,20,22,25H,8,10,13-16H2,1-4H3/t18-,20?,22+,24-/m1/s1. The molecule has 1 nitrogen and oxygen atoms in total. The minimum Gasteiger partial charge on any atom is -0.388 e. The molecule has 0 radical (unpaired) electrons. The van der Waals surface area contributed by atoms with Crippen LogP contribution in [0.2, 0.25) is 0 Å². The van der Waals surface area contributed by atoms with Gasteiger partial charge in [-0.05, 0) is 81.8 Å². The molecule has 0 amide bonds. The number of hydrogen-bond donors (Lipinski definition) is 1. The molecule has 3 rings (SSSR count). The minimum atomic E-state index is -0.275. The Morgan fingerprint density at radius 3 is 2.69 bits per heavy atom. The van der Waals surface area contributed by atoms with E-state index < -0.39 is 0 Å². The van der Waals surface area contributed by atoms with Crippen LogP contribution in [0.4, 0.5) is 0 Å². The Kier molecular flexibility index (Phi) is 6.35. The van der Waals surface area contributed by atoms with Crippen molar-refractivity contribution in [3.05, 3.63) is 52.5 Å². The molecular weight excluding hydrogens is 336 g/mol. The van der Waals surface area contributed by atoms with E-state index in [0.717, 1.165) is 24.7 Å². The van der Waals surface area contributed by atoms with Gasteiger partial charge >= 0.3 is 0 Å². The van der Waals surface area contributed by atoms with E-state index >= 15 is 0 Å². The Labute approximate surface area is 164 Å². The molecule has 142 valence electrons. The van der Waals surface area contributed by atoms with Gasteiger partial charge in [0.05, 0.1) is 6.10 Å². The number of hydrogen-bond acceptors (Lipinski definition) is 2. The third kappa shape index (κ3) is 4.12. The average Bonchev–Trinajstić information content (AvgIpc) is 2.96. The van der Waals surface area contributed by atoms with E-state index in [1.54, 1.807) is 17.3 Å². The summed E-state index contributed by atoms with van der Waals surface area (Å²) in [4.78, 5) is 2.50. The summed E-state index contributed by atoms with van der Waals surface area (Å²) in [7, 11) is 0. The van der Waals surface area contributed by atoms with Crippen LogP contribution < -0.4 is 0 Å². The lowest BCUT2D eigenvalue weighted by molar-refractivity contribution is 0.120. The van der Waals surface area contributed by atoms with Gasteiger partial charge in [-0.3, -0.25) is 0 Å². The van der Waals surface area contributed by atoms with Crippen molar-refractivity contribution in [1.29, 1.82) is 0 Å². The third-order valence-electron chi connectivity index (χ3n) is 6.58. The average molecular weight is 371 g/mol. The van der Waals surface area contributed by atoms with E-state index in [2.05, 4.69) is 64.1 Å². The fourth-order valence-electron chi connectivity index (χ4n) is 5.13. The Bertz CT molecular complexity index is 671. The van der Waals surface area contributed by atoms with Crippen molar-refractivity contribution in [1.82, 2.24) is 0 Å². The largest absolute Gasteiger partial charge is 0.388 e. The van der Waals surface area contributed by atoms with E-state index in [0.29, 0.717) is 0 Å². The van der Waals surface area contributed by atoms with Crippen LogP contribution in [0.3, 0.4) is 0 Å². The molecule has 2 aliphatic carbocycles. The van der Waals surface area contributed by atoms with Gasteiger partial charge < -0.3 is 5.11 Å². The molecule has 1 unspecified atom stereocenters. The molecule has 1 N–H and O–H groups in total. The number of benzene rings is 1. The fraction of sp³-hybridized carbons (Fsp3) is 0.583. The van der Waals surface area contributed by atoms with Gasteiger partial charge in [-0.2, -0.15) is 0 Å². The van der Waals surface area contributed by atoms with Crippen molar-refractivity contribution in [2.24, 2.45) is 17.3 Å². The Balaban J connectivity index is 1.81. The molecule has 0 spiro atoms. The van der Waals surface area contributed by atoms with E-state index in [-0.39, 0.29) is 11.5 Å². The van der Waals surface area contributed by atoms with Crippen molar-refractivity contribution in [3.63, 3.8) is 0 Å². The van der Waals surface area contributed by atoms with Crippen LogP contribution in [0.5, 0.6) is 0 Å². The van der Waals surface area contributed by atoms with E-state index in [4.69, 9.17) is 0 Å². The summed E-state index contributed by atoms with van der Waals surface area (Å²) < 4.78 is 0. The van der Waals surface area contributed by atoms with Crippen molar-refractivity contribution in [2.75, 3.05) is 0 Å². The van der Waals surface area contributed by atoms with Crippen LogP contribution in [0.25, 0.3) is 0 Å². The molecule has 0 saturated heterocycles. The second kappa shape index (κ2) is 8.35. The Hall–Kier alpha value is -0.990. The molecule has 4 atom stereocenters. The second-order valence-electron chi connectivity index (χ2n) is 8.71. The molecule has 2 heteroatoms. The van der Waals surface area contributed by atoms with Crippen molar-refractivity contribution < 1.29 is 5.11 Å². The van der Waals surface area contributed by atoms with Gasteiger partial charge in [-0.15, -0.1) is 0 Å². The second-order valence-corrected chi connectivity index (χ2v) is 9.83. The topological polar surface area (TPSA) is 20.2 Å². The van der Waals surface area contributed by atoms with Gasteiger partial charge in [0.2, 0.25) is 0 Å². The summed E-state index contributed by atoms with van der Waals surface area (Å²) in [5, 5.41) is 10.7. The maximum Gasteiger partial charge on any atom is 0.0851 e. The van der Waals surface area contributed by atoms with E-state index in [1.807, 2.05) is 0 Å². The molecule has 0 heterocycles. The molecule has 0 aliphatic heterocycles. The minimum absolute atomic E-state index is 0.275. The maximum absolute atomic E-state index is 10.7. The van der Waals surface area contributed by atoms with Crippen molar-refractivity contribution in [3.8, 4) is 0 Å². The van der Waals surface area contributed by atoms with Crippen LogP contribution >= 0.6 is 11.8 Å². The molecular formula is C24H34OS. The highest BCUT2D eigenvalue weighted by molar-refractivity contribution is 8.03. The highest BCUT2D eigenvalue weighted by Crippen LogP contribution is 2.59. The summed E-state index contributed by atoms with van der Waals surface area (Å²) in [6.07, 6.45) is 9.08. The molecule has 1 fully saturated rings. The number of allylic oxidation sites excluding steroid dienone is 3. The maximum atomic E-state index is 10.7. The lowest BCUT2D eigenvalue weighted by atomic mass is 9.65. The smallest absolute Gasteiger partial charge is 0.0851 e. The van der Waals surface area contributed by atoms with Gasteiger partial charge in [0, 0.05) is 9.80 Å². The van der Waals surface area contributed by atoms with Gasteiger partial charge in [-0.25, -0.2) is 0 Å². The van der Waals surface area contributed by atoms with Gasteiger partial charge in [0.25, 0.3) is 0 Å². The molecule has 0 bridgehead atoms. The van der Waals surface area contributed by atoms with Crippen molar-refractivity contribution >= 4 is 11.8 Å². The Morgan fingerprint density at radius 1 is 1.27 bits per heavy atom. The Morgan fingerprint density at radius 2 is 2.00 bits per heavy atom. The molecule has 1 saturated carbocycles. The fourth-order valence-corrected chi connectivity index (χ4v) is 6.39. The van der Waals surface area contributed by atoms with Crippen LogP contribution in [0.15, 0.2) is 57.4 Å². The number of aliphatic hydroxyl groups excluding tert-OH is 1. The highest BCUT2D eigenvalue weighted by Gasteiger charge is 2.48. The highest BCUT2D eigenvalue weighted by atomic mass is 32.2. The summed E-state index contributed by atoms with van der Waals surface area (Å²) in [5.41, 5.74) is 3.27. The molecule has 1 aromatic rings. The van der Waals surface area contributed by atoms with Crippen molar-refractivity contribution in [2.45, 2.75) is 77.2 Å². The van der Waals surface area contributed by atoms with E-state index in [9.17, 15) is 5.11 Å². The molecule has 2 aliphatic rings. The van der Waals surface area contributed by atoms with Crippen LogP contribution in [-0.4, -0.2) is 11.2 Å². The van der Waals surface area contributed by atoms with Gasteiger partial charge in [0.1, 0.15) is 0 Å². The van der Waals surface area contributed by atoms with Gasteiger partial charge in [-0.1, -0.05) is 61.0 Å². The lowest BCUT2D eigenvalue weighted by Gasteiger charge is -2.42. The summed E-state index contributed by atoms with van der Waals surface area (Å²) in [6.45, 7) is 9.32. The van der Waals surface area contributed by atoms with Crippen LogP contribution in [0, 0.1) is 17.3 Å². The monoisotopic (exact) mass is 370 g/mol. The lowest BCUT2D eigenvalue weighted by Crippen LogP contribution is -2.34. The molecule has 0 aromatic heterocycles. The first kappa shape index (κ1) is 19.8. The number of thioether (sulfide) groups is 1. The number of rotatable bonds is 6. The first-order valence-corrected chi connectivity index (χ1v) is 11.0.